The molecule has 1 amide bonds. The SMILES string of the molecule is CCCCCCCCCCCCCCCCCCCCCCCCCCCCCCCCCCC(O)C(COC1OC(CO)C(O)C(O)C1O)NC(=O)CCCCCCCCCCCCCCC. The molecule has 7 atom stereocenters. The quantitative estimate of drug-likeness (QED) is 0.0330. The summed E-state index contributed by atoms with van der Waals surface area (Å²) in [5.41, 5.74) is 0. The lowest BCUT2D eigenvalue weighted by Gasteiger charge is -2.40. The number of hydrogen-bond donors (Lipinski definition) is 6. The summed E-state index contributed by atoms with van der Waals surface area (Å²) in [6.45, 7) is 3.87. The molecule has 0 aromatic carbocycles. The van der Waals surface area contributed by atoms with Gasteiger partial charge in [-0.25, -0.2) is 0 Å². The third kappa shape index (κ3) is 38.8. The Morgan fingerprint density at radius 2 is 0.735 bits per heavy atom. The third-order valence-electron chi connectivity index (χ3n) is 15.0. The number of rotatable bonds is 53. The van der Waals surface area contributed by atoms with Crippen LogP contribution in [0.25, 0.3) is 0 Å². The van der Waals surface area contributed by atoms with Crippen molar-refractivity contribution in [1.29, 1.82) is 0 Å². The average molecular weight is 969 g/mol. The van der Waals surface area contributed by atoms with Gasteiger partial charge in [0, 0.05) is 6.42 Å². The highest BCUT2D eigenvalue weighted by atomic mass is 16.7. The second kappa shape index (κ2) is 49.8. The highest BCUT2D eigenvalue weighted by Gasteiger charge is 2.44. The fourth-order valence-corrected chi connectivity index (χ4v) is 10.2. The molecule has 1 heterocycles. The van der Waals surface area contributed by atoms with Gasteiger partial charge in [0.15, 0.2) is 6.29 Å². The molecule has 1 saturated heterocycles. The van der Waals surface area contributed by atoms with Crippen molar-refractivity contribution < 1.29 is 39.8 Å². The first-order valence-electron chi connectivity index (χ1n) is 30.2. The van der Waals surface area contributed by atoms with Gasteiger partial charge in [0.05, 0.1) is 25.4 Å². The highest BCUT2D eigenvalue weighted by molar-refractivity contribution is 5.76. The lowest BCUT2D eigenvalue weighted by molar-refractivity contribution is -0.302. The van der Waals surface area contributed by atoms with Crippen molar-refractivity contribution >= 4 is 5.91 Å². The molecule has 6 N–H and O–H groups in total. The molecular formula is C59H117NO8. The number of aliphatic hydroxyl groups excluding tert-OH is 5. The van der Waals surface area contributed by atoms with E-state index in [-0.39, 0.29) is 12.5 Å². The van der Waals surface area contributed by atoms with Crippen molar-refractivity contribution in [3.63, 3.8) is 0 Å². The minimum Gasteiger partial charge on any atom is -0.394 e. The van der Waals surface area contributed by atoms with Crippen LogP contribution < -0.4 is 5.32 Å². The van der Waals surface area contributed by atoms with E-state index in [2.05, 4.69) is 19.2 Å². The molecule has 0 spiro atoms. The Labute approximate surface area is 421 Å². The average Bonchev–Trinajstić information content (AvgIpc) is 3.34. The fraction of sp³-hybridized carbons (Fsp3) is 0.983. The van der Waals surface area contributed by atoms with Gasteiger partial charge in [-0.05, 0) is 12.8 Å². The van der Waals surface area contributed by atoms with Crippen LogP contribution in [0.1, 0.15) is 316 Å². The van der Waals surface area contributed by atoms with Gasteiger partial charge in [0.25, 0.3) is 0 Å². The number of unbranched alkanes of at least 4 members (excludes halogenated alkanes) is 43. The molecule has 9 heteroatoms. The van der Waals surface area contributed by atoms with Gasteiger partial charge in [-0.2, -0.15) is 0 Å². The zero-order chi connectivity index (χ0) is 49.4. The van der Waals surface area contributed by atoms with Crippen LogP contribution in [0.5, 0.6) is 0 Å². The number of carbonyl (C=O) groups excluding carboxylic acids is 1. The Kier molecular flexibility index (Phi) is 47.7. The Hall–Kier alpha value is -0.810. The molecule has 1 rings (SSSR count). The normalized spacial score (nSPS) is 19.4. The van der Waals surface area contributed by atoms with Crippen LogP contribution in [0.3, 0.4) is 0 Å². The molecule has 0 aromatic rings. The van der Waals surface area contributed by atoms with E-state index in [0.717, 1.165) is 38.5 Å². The molecule has 0 saturated carbocycles. The van der Waals surface area contributed by atoms with Gasteiger partial charge in [0.2, 0.25) is 5.91 Å². The maximum atomic E-state index is 13.0. The first kappa shape index (κ1) is 65.2. The third-order valence-corrected chi connectivity index (χ3v) is 15.0. The molecule has 406 valence electrons. The fourth-order valence-electron chi connectivity index (χ4n) is 10.2. The summed E-state index contributed by atoms with van der Waals surface area (Å²) in [5, 5.41) is 54.6. The second-order valence-corrected chi connectivity index (χ2v) is 21.5. The van der Waals surface area contributed by atoms with Crippen LogP contribution in [-0.4, -0.2) is 87.5 Å². The summed E-state index contributed by atoms with van der Waals surface area (Å²) in [7, 11) is 0. The van der Waals surface area contributed by atoms with Gasteiger partial charge in [-0.3, -0.25) is 4.79 Å². The predicted octanol–water partition coefficient (Wildman–Crippen LogP) is 15.0. The second-order valence-electron chi connectivity index (χ2n) is 21.5. The van der Waals surface area contributed by atoms with Crippen molar-refractivity contribution in [2.24, 2.45) is 0 Å². The molecule has 9 nitrogen and oxygen atoms in total. The van der Waals surface area contributed by atoms with Gasteiger partial charge in [-0.15, -0.1) is 0 Å². The number of nitrogens with one attached hydrogen (secondary N) is 1. The molecule has 0 aromatic heterocycles. The maximum Gasteiger partial charge on any atom is 0.220 e. The molecule has 1 fully saturated rings. The van der Waals surface area contributed by atoms with E-state index >= 15 is 0 Å². The van der Waals surface area contributed by atoms with Crippen molar-refractivity contribution in [2.45, 2.75) is 358 Å². The van der Waals surface area contributed by atoms with Crippen molar-refractivity contribution in [1.82, 2.24) is 5.32 Å². The van der Waals surface area contributed by atoms with Gasteiger partial charge >= 0.3 is 0 Å². The predicted molar refractivity (Wildman–Crippen MR) is 286 cm³/mol. The molecule has 1 aliphatic heterocycles. The van der Waals surface area contributed by atoms with Gasteiger partial charge in [0.1, 0.15) is 24.4 Å². The Balaban J connectivity index is 2.08. The lowest BCUT2D eigenvalue weighted by atomic mass is 9.99. The van der Waals surface area contributed by atoms with Crippen LogP contribution in [-0.2, 0) is 14.3 Å². The molecule has 68 heavy (non-hydrogen) atoms. The summed E-state index contributed by atoms with van der Waals surface area (Å²) in [5.74, 6) is -0.138. The molecular weight excluding hydrogens is 851 g/mol. The van der Waals surface area contributed by atoms with Crippen LogP contribution >= 0.6 is 0 Å². The highest BCUT2D eigenvalue weighted by Crippen LogP contribution is 2.24. The Morgan fingerprint density at radius 3 is 1.04 bits per heavy atom. The monoisotopic (exact) mass is 968 g/mol. The molecule has 7 unspecified atom stereocenters. The van der Waals surface area contributed by atoms with Crippen molar-refractivity contribution in [3.05, 3.63) is 0 Å². The smallest absolute Gasteiger partial charge is 0.220 e. The van der Waals surface area contributed by atoms with E-state index in [1.54, 1.807) is 0 Å². The zero-order valence-corrected chi connectivity index (χ0v) is 45.2. The van der Waals surface area contributed by atoms with E-state index in [4.69, 9.17) is 9.47 Å². The van der Waals surface area contributed by atoms with E-state index < -0.39 is 49.5 Å². The van der Waals surface area contributed by atoms with E-state index in [1.165, 1.54) is 250 Å². The number of aliphatic hydroxyl groups is 5. The molecule has 0 bridgehead atoms. The summed E-state index contributed by atoms with van der Waals surface area (Å²) >= 11 is 0. The summed E-state index contributed by atoms with van der Waals surface area (Å²) in [6.07, 6.45) is 53.0. The number of amides is 1. The van der Waals surface area contributed by atoms with E-state index in [1.807, 2.05) is 0 Å². The Morgan fingerprint density at radius 1 is 0.441 bits per heavy atom. The van der Waals surface area contributed by atoms with Crippen LogP contribution in [0, 0.1) is 0 Å². The van der Waals surface area contributed by atoms with Gasteiger partial charge in [-0.1, -0.05) is 296 Å². The van der Waals surface area contributed by atoms with E-state index in [9.17, 15) is 30.3 Å². The zero-order valence-electron chi connectivity index (χ0n) is 45.2. The van der Waals surface area contributed by atoms with Crippen LogP contribution in [0.15, 0.2) is 0 Å². The minimum absolute atomic E-state index is 0.131. The Bertz CT molecular complexity index is 1030. The number of carbonyl (C=O) groups is 1. The summed E-state index contributed by atoms with van der Waals surface area (Å²) in [6, 6.07) is -0.713. The first-order chi connectivity index (χ1) is 33.3. The van der Waals surface area contributed by atoms with Gasteiger partial charge < -0.3 is 40.3 Å². The van der Waals surface area contributed by atoms with E-state index in [0.29, 0.717) is 12.8 Å². The number of ether oxygens (including phenoxy) is 2. The van der Waals surface area contributed by atoms with Crippen molar-refractivity contribution in [3.8, 4) is 0 Å². The maximum absolute atomic E-state index is 13.0. The lowest BCUT2D eigenvalue weighted by Crippen LogP contribution is -2.60. The summed E-state index contributed by atoms with van der Waals surface area (Å²) in [4.78, 5) is 13.0. The largest absolute Gasteiger partial charge is 0.394 e. The minimum atomic E-state index is -1.55. The molecule has 0 aliphatic carbocycles. The van der Waals surface area contributed by atoms with Crippen molar-refractivity contribution in [2.75, 3.05) is 13.2 Å². The summed E-state index contributed by atoms with van der Waals surface area (Å²) < 4.78 is 11.3. The van der Waals surface area contributed by atoms with Crippen LogP contribution in [0.4, 0.5) is 0 Å². The first-order valence-corrected chi connectivity index (χ1v) is 30.2. The molecule has 1 aliphatic rings. The number of hydrogen-bond acceptors (Lipinski definition) is 8. The van der Waals surface area contributed by atoms with Crippen LogP contribution in [0.2, 0.25) is 0 Å². The standard InChI is InChI=1S/C59H117NO8/c1-3-5-7-9-11-13-15-17-18-19-20-21-22-23-24-25-26-27-28-29-30-31-32-33-34-35-37-38-40-42-44-46-48-53(62)52(51-67-59-58(66)57(65)56(64)54(50-61)68-59)60-55(63)49-47-45-43-41-39-36-16-14-12-10-8-6-4-2/h52-54,56-59,61-62,64-66H,3-51H2,1-2H3,(H,60,63). The molecule has 0 radical (unpaired) electrons. The topological polar surface area (TPSA) is 149 Å².